The highest BCUT2D eigenvalue weighted by Crippen LogP contribution is 2.26. The SMILES string of the molecule is CCOC(=O)/C=C/c1ccc(NC(=O)c2ccccc2SCc2noc(C)n2)cc1. The number of thioether (sulfide) groups is 1. The number of hydrogen-bond donors (Lipinski definition) is 1. The number of anilines is 1. The number of aromatic nitrogens is 2. The molecule has 3 aromatic rings. The number of nitrogens with one attached hydrogen (secondary N) is 1. The molecule has 8 heteroatoms. The molecule has 1 N–H and O–H groups in total. The minimum Gasteiger partial charge on any atom is -0.463 e. The first-order valence-corrected chi connectivity index (χ1v) is 10.3. The molecule has 30 heavy (non-hydrogen) atoms. The van der Waals surface area contributed by atoms with Crippen molar-refractivity contribution in [3.05, 3.63) is 77.4 Å². The first kappa shape index (κ1) is 21.3. The molecule has 1 heterocycles. The molecule has 0 aliphatic rings. The lowest BCUT2D eigenvalue weighted by atomic mass is 10.1. The molecule has 0 saturated carbocycles. The molecular formula is C22H21N3O4S. The summed E-state index contributed by atoms with van der Waals surface area (Å²) in [5.41, 5.74) is 2.04. The van der Waals surface area contributed by atoms with E-state index in [2.05, 4.69) is 15.5 Å². The molecule has 0 aliphatic heterocycles. The van der Waals surface area contributed by atoms with E-state index in [1.54, 1.807) is 38.1 Å². The molecule has 0 radical (unpaired) electrons. The van der Waals surface area contributed by atoms with Crippen molar-refractivity contribution in [3.8, 4) is 0 Å². The molecule has 1 amide bonds. The Bertz CT molecular complexity index is 1040. The Morgan fingerprint density at radius 1 is 1.17 bits per heavy atom. The fourth-order valence-corrected chi connectivity index (χ4v) is 3.45. The Morgan fingerprint density at radius 2 is 1.93 bits per heavy atom. The predicted octanol–water partition coefficient (Wildman–Crippen LogP) is 4.50. The summed E-state index contributed by atoms with van der Waals surface area (Å²) in [5.74, 6) is 0.997. The van der Waals surface area contributed by atoms with Crippen LogP contribution in [0, 0.1) is 6.92 Å². The molecule has 0 saturated heterocycles. The van der Waals surface area contributed by atoms with Gasteiger partial charge < -0.3 is 14.6 Å². The van der Waals surface area contributed by atoms with E-state index in [9.17, 15) is 9.59 Å². The Balaban J connectivity index is 1.63. The largest absolute Gasteiger partial charge is 0.463 e. The van der Waals surface area contributed by atoms with Crippen LogP contribution < -0.4 is 5.32 Å². The van der Waals surface area contributed by atoms with E-state index in [1.807, 2.05) is 30.3 Å². The zero-order valence-corrected chi connectivity index (χ0v) is 17.4. The second kappa shape index (κ2) is 10.4. The van der Waals surface area contributed by atoms with Crippen molar-refractivity contribution in [3.63, 3.8) is 0 Å². The van der Waals surface area contributed by atoms with E-state index in [0.717, 1.165) is 10.5 Å². The topological polar surface area (TPSA) is 94.3 Å². The number of rotatable bonds is 8. The average Bonchev–Trinajstić information content (AvgIpc) is 3.17. The van der Waals surface area contributed by atoms with Gasteiger partial charge in [-0.1, -0.05) is 29.4 Å². The summed E-state index contributed by atoms with van der Waals surface area (Å²) in [7, 11) is 0. The molecule has 1 aromatic heterocycles. The highest BCUT2D eigenvalue weighted by atomic mass is 32.2. The van der Waals surface area contributed by atoms with Crippen molar-refractivity contribution in [1.29, 1.82) is 0 Å². The van der Waals surface area contributed by atoms with Crippen LogP contribution in [-0.2, 0) is 15.3 Å². The first-order valence-electron chi connectivity index (χ1n) is 9.32. The Kier molecular flexibility index (Phi) is 7.40. The number of carbonyl (C=O) groups excluding carboxylic acids is 2. The number of carbonyl (C=O) groups is 2. The smallest absolute Gasteiger partial charge is 0.330 e. The number of benzene rings is 2. The zero-order chi connectivity index (χ0) is 21.3. The second-order valence-electron chi connectivity index (χ2n) is 6.18. The minimum atomic E-state index is -0.389. The zero-order valence-electron chi connectivity index (χ0n) is 16.6. The molecule has 0 bridgehead atoms. The molecular weight excluding hydrogens is 402 g/mol. The van der Waals surface area contributed by atoms with Crippen LogP contribution in [0.15, 0.2) is 64.0 Å². The summed E-state index contributed by atoms with van der Waals surface area (Å²) >= 11 is 1.47. The van der Waals surface area contributed by atoms with E-state index < -0.39 is 0 Å². The maximum Gasteiger partial charge on any atom is 0.330 e. The van der Waals surface area contributed by atoms with Gasteiger partial charge in [0.15, 0.2) is 5.82 Å². The van der Waals surface area contributed by atoms with Gasteiger partial charge >= 0.3 is 5.97 Å². The summed E-state index contributed by atoms with van der Waals surface area (Å²) in [6.45, 7) is 3.83. The third-order valence-corrected chi connectivity index (χ3v) is 4.99. The Morgan fingerprint density at radius 3 is 2.63 bits per heavy atom. The van der Waals surface area contributed by atoms with Crippen molar-refractivity contribution in [2.45, 2.75) is 24.5 Å². The van der Waals surface area contributed by atoms with Gasteiger partial charge in [-0.25, -0.2) is 4.79 Å². The second-order valence-corrected chi connectivity index (χ2v) is 7.19. The molecule has 7 nitrogen and oxygen atoms in total. The van der Waals surface area contributed by atoms with Crippen LogP contribution in [0.4, 0.5) is 5.69 Å². The van der Waals surface area contributed by atoms with Gasteiger partial charge in [-0.3, -0.25) is 4.79 Å². The van der Waals surface area contributed by atoms with Gasteiger partial charge in [0.25, 0.3) is 5.91 Å². The fourth-order valence-electron chi connectivity index (χ4n) is 2.55. The lowest BCUT2D eigenvalue weighted by Gasteiger charge is -2.09. The van der Waals surface area contributed by atoms with Gasteiger partial charge in [0.05, 0.1) is 17.9 Å². The number of esters is 1. The number of nitrogens with zero attached hydrogens (tertiary/aromatic N) is 2. The maximum atomic E-state index is 12.8. The van der Waals surface area contributed by atoms with E-state index in [0.29, 0.717) is 35.3 Å². The van der Waals surface area contributed by atoms with Gasteiger partial charge in [0.2, 0.25) is 5.89 Å². The van der Waals surface area contributed by atoms with Crippen LogP contribution in [0.2, 0.25) is 0 Å². The molecule has 2 aromatic carbocycles. The Labute approximate surface area is 178 Å². The third kappa shape index (κ3) is 6.05. The van der Waals surface area contributed by atoms with Crippen LogP contribution >= 0.6 is 11.8 Å². The van der Waals surface area contributed by atoms with Crippen molar-refractivity contribution in [1.82, 2.24) is 10.1 Å². The standard InChI is InChI=1S/C22H21N3O4S/c1-3-28-21(26)13-10-16-8-11-17(12-9-16)24-22(27)18-6-4-5-7-19(18)30-14-20-23-15(2)29-25-20/h4-13H,3,14H2,1-2H3,(H,24,27)/b13-10+. The molecule has 0 atom stereocenters. The van der Waals surface area contributed by atoms with Crippen molar-refractivity contribution in [2.24, 2.45) is 0 Å². The van der Waals surface area contributed by atoms with E-state index in [1.165, 1.54) is 17.8 Å². The lowest BCUT2D eigenvalue weighted by Crippen LogP contribution is -2.13. The lowest BCUT2D eigenvalue weighted by molar-refractivity contribution is -0.137. The first-order chi connectivity index (χ1) is 14.5. The normalized spacial score (nSPS) is 10.9. The average molecular weight is 423 g/mol. The monoisotopic (exact) mass is 423 g/mol. The summed E-state index contributed by atoms with van der Waals surface area (Å²) in [5, 5.41) is 6.77. The molecule has 3 rings (SSSR count). The maximum absolute atomic E-state index is 12.8. The Hall–Kier alpha value is -3.39. The third-order valence-electron chi connectivity index (χ3n) is 3.93. The predicted molar refractivity (Wildman–Crippen MR) is 115 cm³/mol. The highest BCUT2D eigenvalue weighted by molar-refractivity contribution is 7.98. The van der Waals surface area contributed by atoms with E-state index >= 15 is 0 Å². The molecule has 0 aliphatic carbocycles. The molecule has 154 valence electrons. The number of aryl methyl sites for hydroxylation is 1. The highest BCUT2D eigenvalue weighted by Gasteiger charge is 2.13. The summed E-state index contributed by atoms with van der Waals surface area (Å²) < 4.78 is 9.83. The summed E-state index contributed by atoms with van der Waals surface area (Å²) in [4.78, 5) is 29.2. The summed E-state index contributed by atoms with van der Waals surface area (Å²) in [6, 6.07) is 14.5. The van der Waals surface area contributed by atoms with Gasteiger partial charge in [-0.15, -0.1) is 11.8 Å². The van der Waals surface area contributed by atoms with Crippen molar-refractivity contribution < 1.29 is 18.8 Å². The fraction of sp³-hybridized carbons (Fsp3) is 0.182. The van der Waals surface area contributed by atoms with Gasteiger partial charge in [-0.2, -0.15) is 4.98 Å². The van der Waals surface area contributed by atoms with Crippen molar-refractivity contribution in [2.75, 3.05) is 11.9 Å². The number of hydrogen-bond acceptors (Lipinski definition) is 7. The van der Waals surface area contributed by atoms with Gasteiger partial charge in [-0.05, 0) is 42.8 Å². The van der Waals surface area contributed by atoms with E-state index in [4.69, 9.17) is 9.26 Å². The number of amides is 1. The quantitative estimate of drug-likeness (QED) is 0.324. The van der Waals surface area contributed by atoms with Crippen LogP contribution in [0.1, 0.15) is 34.6 Å². The van der Waals surface area contributed by atoms with Crippen LogP contribution in [0.5, 0.6) is 0 Å². The van der Waals surface area contributed by atoms with Crippen molar-refractivity contribution >= 4 is 35.4 Å². The molecule has 0 spiro atoms. The molecule has 0 unspecified atom stereocenters. The molecule has 0 fully saturated rings. The van der Waals surface area contributed by atoms with Crippen LogP contribution in [0.3, 0.4) is 0 Å². The van der Waals surface area contributed by atoms with Gasteiger partial charge in [0, 0.05) is 23.6 Å². The van der Waals surface area contributed by atoms with Crippen LogP contribution in [-0.4, -0.2) is 28.6 Å². The number of ether oxygens (including phenoxy) is 1. The minimum absolute atomic E-state index is 0.211. The van der Waals surface area contributed by atoms with Gasteiger partial charge in [0.1, 0.15) is 0 Å². The summed E-state index contributed by atoms with van der Waals surface area (Å²) in [6.07, 6.45) is 3.03. The van der Waals surface area contributed by atoms with Crippen LogP contribution in [0.25, 0.3) is 6.08 Å². The van der Waals surface area contributed by atoms with E-state index in [-0.39, 0.29) is 11.9 Å².